The number of nitrogens with one attached hydrogen (secondary N) is 2. The van der Waals surface area contributed by atoms with Crippen LogP contribution in [0, 0.1) is 6.92 Å². The summed E-state index contributed by atoms with van der Waals surface area (Å²) in [5.74, 6) is 0.347. The van der Waals surface area contributed by atoms with Crippen molar-refractivity contribution in [3.63, 3.8) is 0 Å². The third kappa shape index (κ3) is 5.86. The van der Waals surface area contributed by atoms with Crippen LogP contribution in [0.1, 0.15) is 24.1 Å². The van der Waals surface area contributed by atoms with E-state index in [0.29, 0.717) is 24.6 Å². The molecule has 0 atom stereocenters. The quantitative estimate of drug-likeness (QED) is 0.472. The molecule has 2 aromatic heterocycles. The largest absolute Gasteiger partial charge is 0.433 e. The van der Waals surface area contributed by atoms with Crippen LogP contribution in [0.5, 0.6) is 0 Å². The molecule has 158 valence electrons. The van der Waals surface area contributed by atoms with E-state index in [0.717, 1.165) is 35.4 Å². The Labute approximate surface area is 171 Å². The number of aliphatic hydroxyl groups is 1. The van der Waals surface area contributed by atoms with Crippen LogP contribution in [0.4, 0.5) is 30.8 Å². The number of aryl methyl sites for hydroxylation is 1. The van der Waals surface area contributed by atoms with Crippen molar-refractivity contribution in [1.29, 1.82) is 0 Å². The molecular formula is C20H21F3N6O. The Kier molecular flexibility index (Phi) is 6.78. The molecule has 3 aromatic rings. The summed E-state index contributed by atoms with van der Waals surface area (Å²) in [6.45, 7) is 2.69. The summed E-state index contributed by atoms with van der Waals surface area (Å²) >= 11 is 0. The van der Waals surface area contributed by atoms with Crippen LogP contribution >= 0.6 is 0 Å². The Balaban J connectivity index is 1.75. The summed E-state index contributed by atoms with van der Waals surface area (Å²) in [4.78, 5) is 16.0. The van der Waals surface area contributed by atoms with Gasteiger partial charge in [-0.05, 0) is 49.1 Å². The molecule has 0 aliphatic heterocycles. The van der Waals surface area contributed by atoms with Crippen LogP contribution in [-0.4, -0.2) is 38.2 Å². The lowest BCUT2D eigenvalue weighted by Gasteiger charge is -2.11. The summed E-state index contributed by atoms with van der Waals surface area (Å²) < 4.78 is 38.6. The van der Waals surface area contributed by atoms with Gasteiger partial charge in [-0.1, -0.05) is 6.07 Å². The van der Waals surface area contributed by atoms with Crippen LogP contribution in [0.25, 0.3) is 11.1 Å². The zero-order valence-electron chi connectivity index (χ0n) is 16.2. The molecule has 0 unspecified atom stereocenters. The fourth-order valence-corrected chi connectivity index (χ4v) is 2.73. The highest BCUT2D eigenvalue weighted by atomic mass is 19.4. The number of aliphatic hydroxyl groups excluding tert-OH is 1. The van der Waals surface area contributed by atoms with Crippen LogP contribution < -0.4 is 10.6 Å². The van der Waals surface area contributed by atoms with Crippen LogP contribution in [0.15, 0.2) is 42.9 Å². The Bertz CT molecular complexity index is 979. The molecule has 0 saturated heterocycles. The fraction of sp³-hybridized carbons (Fsp3) is 0.300. The monoisotopic (exact) mass is 418 g/mol. The van der Waals surface area contributed by atoms with Gasteiger partial charge in [0.2, 0.25) is 11.9 Å². The number of halogens is 3. The highest BCUT2D eigenvalue weighted by Gasteiger charge is 2.32. The van der Waals surface area contributed by atoms with Gasteiger partial charge in [0, 0.05) is 43.0 Å². The Hall–Kier alpha value is -3.27. The van der Waals surface area contributed by atoms with E-state index in [2.05, 4.69) is 30.6 Å². The second kappa shape index (κ2) is 9.49. The van der Waals surface area contributed by atoms with Crippen molar-refractivity contribution in [2.45, 2.75) is 25.9 Å². The van der Waals surface area contributed by atoms with E-state index >= 15 is 0 Å². The molecule has 0 bridgehead atoms. The number of hydrogen-bond donors (Lipinski definition) is 3. The molecule has 30 heavy (non-hydrogen) atoms. The number of aromatic nitrogens is 4. The molecular weight excluding hydrogens is 397 g/mol. The van der Waals surface area contributed by atoms with Gasteiger partial charge in [-0.15, -0.1) is 0 Å². The molecule has 0 radical (unpaired) electrons. The number of benzene rings is 1. The zero-order chi connectivity index (χ0) is 21.6. The van der Waals surface area contributed by atoms with E-state index in [9.17, 15) is 13.2 Å². The summed E-state index contributed by atoms with van der Waals surface area (Å²) in [6, 6.07) is 6.30. The molecule has 0 spiro atoms. The van der Waals surface area contributed by atoms with Crippen molar-refractivity contribution < 1.29 is 18.3 Å². The standard InChI is InChI=1S/C20H21F3N6O/c1-13-8-14(15-11-26-18(27-12-15)24-5-2-3-7-30)10-16(9-13)28-19-25-6-4-17(29-19)20(21,22)23/h4,6,8-12,30H,2-3,5,7H2,1H3,(H,24,26,27)(H,25,28,29). The van der Waals surface area contributed by atoms with Crippen molar-refractivity contribution in [3.05, 3.63) is 54.1 Å². The van der Waals surface area contributed by atoms with Gasteiger partial charge in [-0.2, -0.15) is 13.2 Å². The van der Waals surface area contributed by atoms with Crippen LogP contribution in [0.3, 0.4) is 0 Å². The maximum atomic E-state index is 12.9. The zero-order valence-corrected chi connectivity index (χ0v) is 16.2. The normalized spacial score (nSPS) is 11.4. The molecule has 1 aromatic carbocycles. The minimum atomic E-state index is -4.54. The first-order valence-electron chi connectivity index (χ1n) is 9.31. The summed E-state index contributed by atoms with van der Waals surface area (Å²) in [6.07, 6.45) is 1.38. The Morgan fingerprint density at radius 1 is 0.967 bits per heavy atom. The smallest absolute Gasteiger partial charge is 0.396 e. The third-order valence-electron chi connectivity index (χ3n) is 4.13. The van der Waals surface area contributed by atoms with E-state index in [1.165, 1.54) is 0 Å². The minimum Gasteiger partial charge on any atom is -0.396 e. The number of rotatable bonds is 8. The highest BCUT2D eigenvalue weighted by molar-refractivity contribution is 5.70. The number of unbranched alkanes of at least 4 members (excludes halogenated alkanes) is 1. The number of hydrogen-bond acceptors (Lipinski definition) is 7. The molecule has 0 saturated carbocycles. The van der Waals surface area contributed by atoms with Gasteiger partial charge in [0.05, 0.1) is 0 Å². The summed E-state index contributed by atoms with van der Waals surface area (Å²) in [7, 11) is 0. The Morgan fingerprint density at radius 2 is 1.73 bits per heavy atom. The van der Waals surface area contributed by atoms with Crippen LogP contribution in [-0.2, 0) is 6.18 Å². The van der Waals surface area contributed by atoms with Gasteiger partial charge >= 0.3 is 6.18 Å². The van der Waals surface area contributed by atoms with Gasteiger partial charge in [-0.25, -0.2) is 19.9 Å². The summed E-state index contributed by atoms with van der Waals surface area (Å²) in [5, 5.41) is 14.7. The highest BCUT2D eigenvalue weighted by Crippen LogP contribution is 2.29. The van der Waals surface area contributed by atoms with E-state index in [1.54, 1.807) is 24.5 Å². The predicted molar refractivity (Wildman–Crippen MR) is 107 cm³/mol. The fourth-order valence-electron chi connectivity index (χ4n) is 2.73. The van der Waals surface area contributed by atoms with Crippen LogP contribution in [0.2, 0.25) is 0 Å². The minimum absolute atomic E-state index is 0.139. The molecule has 0 amide bonds. The SMILES string of the molecule is Cc1cc(Nc2nccc(C(F)(F)F)n2)cc(-c2cnc(NCCCCO)nc2)c1. The van der Waals surface area contributed by atoms with Gasteiger partial charge in [0.25, 0.3) is 0 Å². The Morgan fingerprint density at radius 3 is 2.43 bits per heavy atom. The number of alkyl halides is 3. The average Bonchev–Trinajstić information content (AvgIpc) is 2.71. The van der Waals surface area contributed by atoms with Crippen molar-refractivity contribution in [3.8, 4) is 11.1 Å². The lowest BCUT2D eigenvalue weighted by atomic mass is 10.1. The molecule has 3 rings (SSSR count). The summed E-state index contributed by atoms with van der Waals surface area (Å²) in [5.41, 5.74) is 2.00. The topological polar surface area (TPSA) is 95.9 Å². The second-order valence-electron chi connectivity index (χ2n) is 6.63. The predicted octanol–water partition coefficient (Wildman–Crippen LogP) is 4.19. The van der Waals surface area contributed by atoms with Gasteiger partial charge in [0.1, 0.15) is 5.69 Å². The first-order chi connectivity index (χ1) is 14.3. The van der Waals surface area contributed by atoms with Gasteiger partial charge in [-0.3, -0.25) is 0 Å². The number of nitrogens with zero attached hydrogens (tertiary/aromatic N) is 4. The number of anilines is 3. The average molecular weight is 418 g/mol. The lowest BCUT2D eigenvalue weighted by Crippen LogP contribution is -2.10. The van der Waals surface area contributed by atoms with E-state index in [1.807, 2.05) is 13.0 Å². The first-order valence-corrected chi connectivity index (χ1v) is 9.31. The maximum Gasteiger partial charge on any atom is 0.433 e. The molecule has 7 nitrogen and oxygen atoms in total. The van der Waals surface area contributed by atoms with Crippen molar-refractivity contribution in [1.82, 2.24) is 19.9 Å². The lowest BCUT2D eigenvalue weighted by molar-refractivity contribution is -0.141. The molecule has 10 heteroatoms. The molecule has 0 fully saturated rings. The van der Waals surface area contributed by atoms with E-state index in [4.69, 9.17) is 5.11 Å². The van der Waals surface area contributed by atoms with Crippen molar-refractivity contribution in [2.75, 3.05) is 23.8 Å². The first kappa shape index (κ1) is 21.4. The molecule has 0 aliphatic carbocycles. The molecule has 2 heterocycles. The van der Waals surface area contributed by atoms with E-state index in [-0.39, 0.29) is 12.6 Å². The molecule has 3 N–H and O–H groups in total. The van der Waals surface area contributed by atoms with E-state index < -0.39 is 11.9 Å². The van der Waals surface area contributed by atoms with Gasteiger partial charge < -0.3 is 15.7 Å². The third-order valence-corrected chi connectivity index (χ3v) is 4.13. The maximum absolute atomic E-state index is 12.9. The van der Waals surface area contributed by atoms with Crippen molar-refractivity contribution >= 4 is 17.6 Å². The van der Waals surface area contributed by atoms with Crippen molar-refractivity contribution in [2.24, 2.45) is 0 Å². The molecule has 0 aliphatic rings. The second-order valence-corrected chi connectivity index (χ2v) is 6.63. The van der Waals surface area contributed by atoms with Gasteiger partial charge in [0.15, 0.2) is 0 Å².